The molecule has 0 fully saturated rings. The Labute approximate surface area is 145 Å². The van der Waals surface area contributed by atoms with E-state index in [-0.39, 0.29) is 28.4 Å². The van der Waals surface area contributed by atoms with Crippen molar-refractivity contribution in [3.05, 3.63) is 38.2 Å². The average molecular weight is 347 g/mol. The summed E-state index contributed by atoms with van der Waals surface area (Å²) in [6.45, 7) is 7.19. The SMILES string of the molecule is CCn1c(=O)[nH]c(=O)c2c(C(=O)N(C)CCNC)cc(C(C)C)nc21. The van der Waals surface area contributed by atoms with Gasteiger partial charge in [-0.3, -0.25) is 19.1 Å². The van der Waals surface area contributed by atoms with E-state index in [2.05, 4.69) is 15.3 Å². The zero-order valence-corrected chi connectivity index (χ0v) is 15.3. The molecule has 2 heterocycles. The number of nitrogens with one attached hydrogen (secondary N) is 2. The number of H-pyrrole nitrogens is 1. The molecule has 0 radical (unpaired) electrons. The smallest absolute Gasteiger partial charge is 0.329 e. The van der Waals surface area contributed by atoms with Gasteiger partial charge in [-0.1, -0.05) is 13.8 Å². The topological polar surface area (TPSA) is 100 Å². The molecule has 0 aliphatic rings. The minimum absolute atomic E-state index is 0.0539. The van der Waals surface area contributed by atoms with Crippen LogP contribution in [0.4, 0.5) is 0 Å². The fraction of sp³-hybridized carbons (Fsp3) is 0.529. The predicted molar refractivity (Wildman–Crippen MR) is 97.3 cm³/mol. The molecule has 25 heavy (non-hydrogen) atoms. The molecule has 8 heteroatoms. The number of hydrogen-bond donors (Lipinski definition) is 2. The molecular formula is C17H25N5O3. The van der Waals surface area contributed by atoms with Crippen LogP contribution in [0.1, 0.15) is 42.7 Å². The Morgan fingerprint density at radius 3 is 2.64 bits per heavy atom. The van der Waals surface area contributed by atoms with Gasteiger partial charge < -0.3 is 10.2 Å². The summed E-state index contributed by atoms with van der Waals surface area (Å²) in [5, 5.41) is 3.15. The van der Waals surface area contributed by atoms with Gasteiger partial charge in [0.2, 0.25) is 0 Å². The molecule has 2 rings (SSSR count). The highest BCUT2D eigenvalue weighted by atomic mass is 16.2. The second-order valence-corrected chi connectivity index (χ2v) is 6.28. The van der Waals surface area contributed by atoms with Crippen LogP contribution in [0.2, 0.25) is 0 Å². The molecule has 0 spiro atoms. The van der Waals surface area contributed by atoms with Crippen LogP contribution >= 0.6 is 0 Å². The van der Waals surface area contributed by atoms with Crippen molar-refractivity contribution in [2.45, 2.75) is 33.2 Å². The molecule has 0 aliphatic carbocycles. The van der Waals surface area contributed by atoms with E-state index in [0.29, 0.717) is 25.3 Å². The highest BCUT2D eigenvalue weighted by Crippen LogP contribution is 2.20. The van der Waals surface area contributed by atoms with Crippen molar-refractivity contribution in [2.75, 3.05) is 27.2 Å². The van der Waals surface area contributed by atoms with E-state index in [1.807, 2.05) is 20.9 Å². The number of aromatic nitrogens is 3. The summed E-state index contributed by atoms with van der Waals surface area (Å²) in [7, 11) is 3.49. The Balaban J connectivity index is 2.80. The maximum absolute atomic E-state index is 12.9. The average Bonchev–Trinajstić information content (AvgIpc) is 2.58. The lowest BCUT2D eigenvalue weighted by molar-refractivity contribution is 0.0798. The van der Waals surface area contributed by atoms with Crippen LogP contribution in [0.25, 0.3) is 11.0 Å². The quantitative estimate of drug-likeness (QED) is 0.793. The van der Waals surface area contributed by atoms with Crippen LogP contribution in [0.15, 0.2) is 15.7 Å². The van der Waals surface area contributed by atoms with Crippen LogP contribution in [0.5, 0.6) is 0 Å². The summed E-state index contributed by atoms with van der Waals surface area (Å²) in [6, 6.07) is 1.66. The van der Waals surface area contributed by atoms with E-state index in [1.165, 1.54) is 4.57 Å². The van der Waals surface area contributed by atoms with Crippen molar-refractivity contribution in [2.24, 2.45) is 0 Å². The van der Waals surface area contributed by atoms with Gasteiger partial charge in [-0.25, -0.2) is 9.78 Å². The first-order valence-corrected chi connectivity index (χ1v) is 8.39. The third kappa shape index (κ3) is 3.63. The largest absolute Gasteiger partial charge is 0.340 e. The Bertz CT molecular complexity index is 898. The zero-order valence-electron chi connectivity index (χ0n) is 15.3. The summed E-state index contributed by atoms with van der Waals surface area (Å²) in [5.41, 5.74) is 0.0989. The molecule has 2 aromatic rings. The van der Waals surface area contributed by atoms with Crippen LogP contribution in [0.3, 0.4) is 0 Å². The van der Waals surface area contributed by atoms with Gasteiger partial charge >= 0.3 is 5.69 Å². The lowest BCUT2D eigenvalue weighted by atomic mass is 10.0. The summed E-state index contributed by atoms with van der Waals surface area (Å²) >= 11 is 0. The zero-order chi connectivity index (χ0) is 18.7. The molecule has 8 nitrogen and oxygen atoms in total. The molecule has 0 aromatic carbocycles. The number of aromatic amines is 1. The highest BCUT2D eigenvalue weighted by Gasteiger charge is 2.22. The van der Waals surface area contributed by atoms with Gasteiger partial charge in [-0.05, 0) is 26.0 Å². The lowest BCUT2D eigenvalue weighted by Crippen LogP contribution is -2.35. The highest BCUT2D eigenvalue weighted by molar-refractivity contribution is 6.05. The lowest BCUT2D eigenvalue weighted by Gasteiger charge is -2.19. The number of hydrogen-bond acceptors (Lipinski definition) is 5. The van der Waals surface area contributed by atoms with Gasteiger partial charge in [0.05, 0.1) is 10.9 Å². The second kappa shape index (κ2) is 7.60. The summed E-state index contributed by atoms with van der Waals surface area (Å²) in [6.07, 6.45) is 0. The molecule has 0 unspecified atom stereocenters. The van der Waals surface area contributed by atoms with Crippen LogP contribution in [-0.2, 0) is 6.54 Å². The molecule has 0 bridgehead atoms. The van der Waals surface area contributed by atoms with Gasteiger partial charge in [0.1, 0.15) is 0 Å². The summed E-state index contributed by atoms with van der Waals surface area (Å²) < 4.78 is 1.38. The minimum atomic E-state index is -0.585. The number of carbonyl (C=O) groups is 1. The van der Waals surface area contributed by atoms with E-state index in [0.717, 1.165) is 0 Å². The molecule has 0 saturated carbocycles. The number of fused-ring (bicyclic) bond motifs is 1. The Morgan fingerprint density at radius 1 is 1.40 bits per heavy atom. The van der Waals surface area contributed by atoms with Crippen molar-refractivity contribution in [1.82, 2.24) is 24.8 Å². The molecule has 0 saturated heterocycles. The molecule has 136 valence electrons. The van der Waals surface area contributed by atoms with E-state index in [9.17, 15) is 14.4 Å². The predicted octanol–water partition coefficient (Wildman–Crippen LogP) is 0.520. The number of pyridine rings is 1. The number of amides is 1. The second-order valence-electron chi connectivity index (χ2n) is 6.28. The van der Waals surface area contributed by atoms with Gasteiger partial charge in [0, 0.05) is 32.4 Å². The van der Waals surface area contributed by atoms with Gasteiger partial charge in [-0.2, -0.15) is 0 Å². The van der Waals surface area contributed by atoms with Gasteiger partial charge in [0.15, 0.2) is 5.65 Å². The fourth-order valence-electron chi connectivity index (χ4n) is 2.64. The van der Waals surface area contributed by atoms with Crippen molar-refractivity contribution in [1.29, 1.82) is 0 Å². The first kappa shape index (κ1) is 18.9. The van der Waals surface area contributed by atoms with E-state index >= 15 is 0 Å². The monoisotopic (exact) mass is 347 g/mol. The Kier molecular flexibility index (Phi) is 5.73. The van der Waals surface area contributed by atoms with Crippen molar-refractivity contribution < 1.29 is 4.79 Å². The fourth-order valence-corrected chi connectivity index (χ4v) is 2.64. The van der Waals surface area contributed by atoms with E-state index < -0.39 is 11.2 Å². The van der Waals surface area contributed by atoms with Gasteiger partial charge in [0.25, 0.3) is 11.5 Å². The van der Waals surface area contributed by atoms with E-state index in [1.54, 1.807) is 24.9 Å². The maximum Gasteiger partial charge on any atom is 0.329 e. The van der Waals surface area contributed by atoms with Crippen molar-refractivity contribution >= 4 is 16.9 Å². The Morgan fingerprint density at radius 2 is 2.08 bits per heavy atom. The number of aryl methyl sites for hydroxylation is 1. The molecule has 2 N–H and O–H groups in total. The minimum Gasteiger partial charge on any atom is -0.340 e. The van der Waals surface area contributed by atoms with Gasteiger partial charge in [-0.15, -0.1) is 0 Å². The third-order valence-electron chi connectivity index (χ3n) is 4.15. The normalized spacial score (nSPS) is 11.3. The molecular weight excluding hydrogens is 322 g/mol. The number of carbonyl (C=O) groups excluding carboxylic acids is 1. The summed E-state index contributed by atoms with van der Waals surface area (Å²) in [5.74, 6) is -0.213. The number of nitrogens with zero attached hydrogens (tertiary/aromatic N) is 3. The molecule has 2 aromatic heterocycles. The standard InChI is InChI=1S/C17H25N5O3/c1-6-22-14-13(15(23)20-17(22)25)11(9-12(19-14)10(2)3)16(24)21(5)8-7-18-4/h9-10,18H,6-8H2,1-5H3,(H,20,23,25). The molecule has 0 atom stereocenters. The molecule has 1 amide bonds. The first-order valence-electron chi connectivity index (χ1n) is 8.39. The molecule has 0 aliphatic heterocycles. The Hall–Kier alpha value is -2.48. The third-order valence-corrected chi connectivity index (χ3v) is 4.15. The summed E-state index contributed by atoms with van der Waals surface area (Å²) in [4.78, 5) is 45.7. The maximum atomic E-state index is 12.9. The first-order chi connectivity index (χ1) is 11.8. The van der Waals surface area contributed by atoms with Crippen LogP contribution < -0.4 is 16.6 Å². The van der Waals surface area contributed by atoms with Crippen LogP contribution in [-0.4, -0.2) is 52.5 Å². The van der Waals surface area contributed by atoms with Crippen LogP contribution in [0, 0.1) is 0 Å². The number of likely N-dealkylation sites (N-methyl/N-ethyl adjacent to an activating group) is 2. The van der Waals surface area contributed by atoms with Crippen molar-refractivity contribution in [3.63, 3.8) is 0 Å². The number of rotatable bonds is 6. The van der Waals surface area contributed by atoms with Crippen molar-refractivity contribution in [3.8, 4) is 0 Å². The van der Waals surface area contributed by atoms with E-state index in [4.69, 9.17) is 0 Å².